The van der Waals surface area contributed by atoms with E-state index in [9.17, 15) is 22.8 Å². The predicted molar refractivity (Wildman–Crippen MR) is 146 cm³/mol. The summed E-state index contributed by atoms with van der Waals surface area (Å²) in [6.45, 7) is 9.07. The van der Waals surface area contributed by atoms with Gasteiger partial charge in [-0.15, -0.1) is 0 Å². The van der Waals surface area contributed by atoms with Gasteiger partial charge in [0.2, 0.25) is 0 Å². The highest BCUT2D eigenvalue weighted by molar-refractivity contribution is 6.29. The zero-order chi connectivity index (χ0) is 30.1. The molecule has 3 aromatic heterocycles. The second-order valence-electron chi connectivity index (χ2n) is 11.0. The van der Waals surface area contributed by atoms with E-state index in [4.69, 9.17) is 16.3 Å². The third-order valence-electron chi connectivity index (χ3n) is 5.99. The number of carbonyl (C=O) groups is 2. The van der Waals surface area contributed by atoms with Crippen molar-refractivity contribution >= 4 is 29.1 Å². The number of fused-ring (bicyclic) bond motifs is 1. The summed E-state index contributed by atoms with van der Waals surface area (Å²) in [6.07, 6.45) is -1.25. The maximum absolute atomic E-state index is 14.1. The first-order valence-electron chi connectivity index (χ1n) is 12.9. The van der Waals surface area contributed by atoms with E-state index in [1.54, 1.807) is 37.5 Å². The molecule has 0 unspecified atom stereocenters. The van der Waals surface area contributed by atoms with Gasteiger partial charge in [0, 0.05) is 43.4 Å². The van der Waals surface area contributed by atoms with Crippen molar-refractivity contribution < 1.29 is 27.5 Å². The van der Waals surface area contributed by atoms with Crippen molar-refractivity contribution in [2.75, 3.05) is 0 Å². The highest BCUT2D eigenvalue weighted by Gasteiger charge is 2.35. The maximum atomic E-state index is 14.1. The second kappa shape index (κ2) is 11.5. The van der Waals surface area contributed by atoms with Gasteiger partial charge >= 0.3 is 12.3 Å². The number of carbonyl (C=O) groups excluding carboxylic acids is 2. The summed E-state index contributed by atoms with van der Waals surface area (Å²) in [5, 5.41) is 11.1. The molecule has 0 saturated carbocycles. The van der Waals surface area contributed by atoms with Crippen molar-refractivity contribution in [2.24, 2.45) is 0 Å². The van der Waals surface area contributed by atoms with Gasteiger partial charge in [0.25, 0.3) is 0 Å². The molecule has 9 nitrogen and oxygen atoms in total. The van der Waals surface area contributed by atoms with Crippen LogP contribution in [0.1, 0.15) is 68.5 Å². The molecule has 0 bridgehead atoms. The van der Waals surface area contributed by atoms with Gasteiger partial charge < -0.3 is 10.1 Å². The van der Waals surface area contributed by atoms with Crippen LogP contribution < -0.4 is 5.32 Å². The number of rotatable bonds is 8. The molecule has 0 atom stereocenters. The van der Waals surface area contributed by atoms with Crippen LogP contribution in [0.15, 0.2) is 42.9 Å². The molecule has 0 aliphatic heterocycles. The van der Waals surface area contributed by atoms with Crippen LogP contribution in [0.5, 0.6) is 0 Å². The van der Waals surface area contributed by atoms with Crippen molar-refractivity contribution in [1.82, 2.24) is 29.7 Å². The van der Waals surface area contributed by atoms with Crippen molar-refractivity contribution in [1.29, 1.82) is 0 Å². The van der Waals surface area contributed by atoms with Crippen molar-refractivity contribution in [3.63, 3.8) is 0 Å². The zero-order valence-corrected chi connectivity index (χ0v) is 24.0. The number of ketones is 1. The largest absolute Gasteiger partial charge is 0.444 e. The molecule has 0 spiro atoms. The summed E-state index contributed by atoms with van der Waals surface area (Å²) >= 11 is 6.03. The molecule has 0 aliphatic carbocycles. The van der Waals surface area contributed by atoms with Gasteiger partial charge in [-0.2, -0.15) is 23.4 Å². The van der Waals surface area contributed by atoms with Crippen molar-refractivity contribution in [3.8, 4) is 5.69 Å². The zero-order valence-electron chi connectivity index (χ0n) is 23.2. The molecular weight excluding hydrogens is 561 g/mol. The molecule has 4 aromatic rings. The number of nitrogens with zero attached hydrogens (tertiary/aromatic N) is 5. The third-order valence-corrected chi connectivity index (χ3v) is 6.18. The molecule has 4 rings (SSSR count). The van der Waals surface area contributed by atoms with Crippen LogP contribution in [0.2, 0.25) is 5.15 Å². The topological polar surface area (TPSA) is 103 Å². The Labute approximate surface area is 239 Å². The first-order chi connectivity index (χ1) is 19.1. The number of aromatic nitrogens is 5. The van der Waals surface area contributed by atoms with E-state index in [2.05, 4.69) is 20.5 Å². The van der Waals surface area contributed by atoms with Crippen LogP contribution >= 0.6 is 11.6 Å². The van der Waals surface area contributed by atoms with Gasteiger partial charge in [-0.05, 0) is 49.9 Å². The van der Waals surface area contributed by atoms with E-state index in [1.807, 2.05) is 13.8 Å². The lowest BCUT2D eigenvalue weighted by Crippen LogP contribution is -2.32. The minimum atomic E-state index is -4.70. The van der Waals surface area contributed by atoms with Crippen LogP contribution in [0.3, 0.4) is 0 Å². The summed E-state index contributed by atoms with van der Waals surface area (Å²) < 4.78 is 50.1. The Kier molecular flexibility index (Phi) is 8.44. The minimum absolute atomic E-state index is 0.00585. The molecule has 218 valence electrons. The van der Waals surface area contributed by atoms with Crippen LogP contribution in [-0.4, -0.2) is 41.9 Å². The second-order valence-corrected chi connectivity index (χ2v) is 11.3. The lowest BCUT2D eigenvalue weighted by molar-refractivity contribution is -0.137. The Bertz CT molecular complexity index is 1590. The molecule has 1 N–H and O–H groups in total. The first kappa shape index (κ1) is 30.0. The van der Waals surface area contributed by atoms with E-state index >= 15 is 0 Å². The molecule has 0 fully saturated rings. The highest BCUT2D eigenvalue weighted by Crippen LogP contribution is 2.35. The van der Waals surface area contributed by atoms with Crippen molar-refractivity contribution in [2.45, 2.75) is 71.7 Å². The van der Waals surface area contributed by atoms with Gasteiger partial charge in [-0.25, -0.2) is 19.0 Å². The number of alkyl halides is 3. The fourth-order valence-corrected chi connectivity index (χ4v) is 4.58. The number of ether oxygens (including phenoxy) is 1. The maximum Gasteiger partial charge on any atom is 0.418 e. The summed E-state index contributed by atoms with van der Waals surface area (Å²) in [7, 11) is 0. The lowest BCUT2D eigenvalue weighted by Gasteiger charge is -2.19. The third kappa shape index (κ3) is 7.43. The number of amides is 1. The van der Waals surface area contributed by atoms with E-state index in [0.29, 0.717) is 16.8 Å². The fraction of sp³-hybridized carbons (Fsp3) is 0.393. The molecular formula is C28H30ClF3N6O3. The van der Waals surface area contributed by atoms with Gasteiger partial charge in [0.05, 0.1) is 23.1 Å². The number of hydrogen-bond acceptors (Lipinski definition) is 6. The lowest BCUT2D eigenvalue weighted by atomic mass is 9.97. The average Bonchev–Trinajstić information content (AvgIpc) is 3.46. The summed E-state index contributed by atoms with van der Waals surface area (Å²) in [5.41, 5.74) is 0.808. The Morgan fingerprint density at radius 2 is 1.80 bits per heavy atom. The van der Waals surface area contributed by atoms with Gasteiger partial charge in [-0.1, -0.05) is 31.5 Å². The highest BCUT2D eigenvalue weighted by atomic mass is 35.5. The average molecular weight is 591 g/mol. The van der Waals surface area contributed by atoms with E-state index in [1.165, 1.54) is 24.5 Å². The molecule has 13 heteroatoms. The smallest absolute Gasteiger partial charge is 0.418 e. The van der Waals surface area contributed by atoms with Crippen LogP contribution in [-0.2, 0) is 35.1 Å². The number of halogens is 4. The van der Waals surface area contributed by atoms with E-state index < -0.39 is 23.4 Å². The summed E-state index contributed by atoms with van der Waals surface area (Å²) in [5.74, 6) is -0.282. The van der Waals surface area contributed by atoms with Gasteiger partial charge in [-0.3, -0.25) is 4.79 Å². The van der Waals surface area contributed by atoms with E-state index in [0.717, 1.165) is 16.4 Å². The molecule has 0 aliphatic rings. The Morgan fingerprint density at radius 1 is 1.07 bits per heavy atom. The standard InChI is InChI=1S/C28H30ClF3N6O3/c1-16(2)25-19(14-33-24-11-23(29)36-38(24)25)10-20(39)8-17-6-7-22(21(9-17)28(30,31)32)37-15-18(13-35-37)12-34-26(40)41-27(3,4)5/h6-7,9,11,13-16H,8,10,12H2,1-5H3,(H,34,40). The monoisotopic (exact) mass is 590 g/mol. The first-order valence-corrected chi connectivity index (χ1v) is 13.2. The van der Waals surface area contributed by atoms with Crippen LogP contribution in [0, 0.1) is 0 Å². The number of benzene rings is 1. The van der Waals surface area contributed by atoms with Crippen LogP contribution in [0.25, 0.3) is 11.3 Å². The van der Waals surface area contributed by atoms with Crippen molar-refractivity contribution in [3.05, 3.63) is 76.0 Å². The predicted octanol–water partition coefficient (Wildman–Crippen LogP) is 6.09. The molecule has 0 radical (unpaired) electrons. The van der Waals surface area contributed by atoms with E-state index in [-0.39, 0.29) is 47.5 Å². The number of hydrogen-bond donors (Lipinski definition) is 1. The number of nitrogens with one attached hydrogen (secondary N) is 1. The van der Waals surface area contributed by atoms with Crippen LogP contribution in [0.4, 0.5) is 18.0 Å². The minimum Gasteiger partial charge on any atom is -0.444 e. The Hall–Kier alpha value is -3.93. The summed E-state index contributed by atoms with van der Waals surface area (Å²) in [6, 6.07) is 5.33. The molecule has 41 heavy (non-hydrogen) atoms. The Balaban J connectivity index is 1.52. The van der Waals surface area contributed by atoms with Gasteiger partial charge in [0.15, 0.2) is 10.8 Å². The normalized spacial score (nSPS) is 12.2. The molecule has 0 saturated heterocycles. The Morgan fingerprint density at radius 3 is 2.46 bits per heavy atom. The number of Topliss-reactive ketones (excluding diaryl/α,β-unsaturated/α-hetero) is 1. The molecule has 1 amide bonds. The van der Waals surface area contributed by atoms with Gasteiger partial charge in [0.1, 0.15) is 11.4 Å². The fourth-order valence-electron chi connectivity index (χ4n) is 4.40. The molecule has 1 aromatic carbocycles. The summed E-state index contributed by atoms with van der Waals surface area (Å²) in [4.78, 5) is 29.2. The quantitative estimate of drug-likeness (QED) is 0.266. The molecule has 3 heterocycles. The number of alkyl carbamates (subject to hydrolysis) is 1. The SMILES string of the molecule is CC(C)c1c(CC(=O)Cc2ccc(-n3cc(CNC(=O)OC(C)(C)C)cn3)c(C(F)(F)F)c2)cnc2cc(Cl)nn12.